The van der Waals surface area contributed by atoms with Crippen LogP contribution < -0.4 is 4.90 Å². The molecule has 0 aliphatic carbocycles. The van der Waals surface area contributed by atoms with Crippen LogP contribution in [0.25, 0.3) is 0 Å². The van der Waals surface area contributed by atoms with E-state index in [-0.39, 0.29) is 5.91 Å². The Kier molecular flexibility index (Phi) is 5.24. The first-order valence-corrected chi connectivity index (χ1v) is 8.71. The number of amides is 1. The van der Waals surface area contributed by atoms with Crippen molar-refractivity contribution in [2.75, 3.05) is 31.1 Å². The summed E-state index contributed by atoms with van der Waals surface area (Å²) in [6.45, 7) is 3.81. The maximum atomic E-state index is 12.5. The lowest BCUT2D eigenvalue weighted by atomic mass is 10.2. The molecule has 2 saturated heterocycles. The molecular formula is C17H26N4O. The second kappa shape index (κ2) is 7.56. The van der Waals surface area contributed by atoms with Crippen LogP contribution in [0.15, 0.2) is 12.4 Å². The van der Waals surface area contributed by atoms with Gasteiger partial charge in [0.15, 0.2) is 0 Å². The Morgan fingerprint density at radius 3 is 1.91 bits per heavy atom. The summed E-state index contributed by atoms with van der Waals surface area (Å²) < 4.78 is 0. The van der Waals surface area contributed by atoms with E-state index in [4.69, 9.17) is 0 Å². The molecule has 3 rings (SSSR count). The van der Waals surface area contributed by atoms with Crippen LogP contribution >= 0.6 is 0 Å². The Bertz CT molecular complexity index is 472. The summed E-state index contributed by atoms with van der Waals surface area (Å²) in [6, 6.07) is 0. The zero-order valence-electron chi connectivity index (χ0n) is 13.3. The number of likely N-dealkylation sites (tertiary alicyclic amines) is 1. The van der Waals surface area contributed by atoms with Crippen molar-refractivity contribution in [2.24, 2.45) is 0 Å². The van der Waals surface area contributed by atoms with Crippen LogP contribution in [0.2, 0.25) is 0 Å². The molecule has 0 atom stereocenters. The molecule has 2 aliphatic heterocycles. The summed E-state index contributed by atoms with van der Waals surface area (Å²) >= 11 is 0. The first kappa shape index (κ1) is 15.3. The van der Waals surface area contributed by atoms with E-state index in [1.165, 1.54) is 38.5 Å². The van der Waals surface area contributed by atoms with Gasteiger partial charge in [-0.15, -0.1) is 0 Å². The molecule has 1 aromatic heterocycles. The van der Waals surface area contributed by atoms with Crippen LogP contribution in [0.5, 0.6) is 0 Å². The van der Waals surface area contributed by atoms with Crippen LogP contribution in [0.4, 0.5) is 5.82 Å². The van der Waals surface area contributed by atoms with Crippen LogP contribution in [0.3, 0.4) is 0 Å². The number of carbonyl (C=O) groups is 1. The quantitative estimate of drug-likeness (QED) is 0.843. The fourth-order valence-electron chi connectivity index (χ4n) is 3.33. The second-order valence-electron chi connectivity index (χ2n) is 6.37. The van der Waals surface area contributed by atoms with Crippen LogP contribution in [-0.2, 0) is 0 Å². The highest BCUT2D eigenvalue weighted by atomic mass is 16.2. The third kappa shape index (κ3) is 3.76. The van der Waals surface area contributed by atoms with Gasteiger partial charge in [-0.25, -0.2) is 9.97 Å². The lowest BCUT2D eigenvalue weighted by Crippen LogP contribution is -2.32. The monoisotopic (exact) mass is 302 g/mol. The fraction of sp³-hybridized carbons (Fsp3) is 0.706. The van der Waals surface area contributed by atoms with Gasteiger partial charge in [0.05, 0.1) is 12.4 Å². The van der Waals surface area contributed by atoms with E-state index in [0.717, 1.165) is 44.8 Å². The van der Waals surface area contributed by atoms with E-state index >= 15 is 0 Å². The minimum Gasteiger partial charge on any atom is -0.355 e. The Labute approximate surface area is 132 Å². The maximum Gasteiger partial charge on any atom is 0.274 e. The molecule has 0 aromatic carbocycles. The van der Waals surface area contributed by atoms with Gasteiger partial charge in [-0.3, -0.25) is 4.79 Å². The summed E-state index contributed by atoms with van der Waals surface area (Å²) in [6.07, 6.45) is 13.1. The highest BCUT2D eigenvalue weighted by Crippen LogP contribution is 2.17. The lowest BCUT2D eigenvalue weighted by molar-refractivity contribution is 0.0755. The van der Waals surface area contributed by atoms with Gasteiger partial charge in [0, 0.05) is 26.2 Å². The van der Waals surface area contributed by atoms with E-state index in [2.05, 4.69) is 14.9 Å². The summed E-state index contributed by atoms with van der Waals surface area (Å²) in [4.78, 5) is 25.6. The molecule has 0 unspecified atom stereocenters. The largest absolute Gasteiger partial charge is 0.355 e. The van der Waals surface area contributed by atoms with Gasteiger partial charge in [-0.2, -0.15) is 0 Å². The minimum absolute atomic E-state index is 0.0387. The van der Waals surface area contributed by atoms with Crippen molar-refractivity contribution in [1.82, 2.24) is 14.9 Å². The number of carbonyl (C=O) groups excluding carboxylic acids is 1. The predicted molar refractivity (Wildman–Crippen MR) is 87.1 cm³/mol. The molecule has 0 radical (unpaired) electrons. The molecule has 120 valence electrons. The smallest absolute Gasteiger partial charge is 0.274 e. The zero-order valence-corrected chi connectivity index (χ0v) is 13.3. The Hall–Kier alpha value is -1.65. The van der Waals surface area contributed by atoms with E-state index in [1.54, 1.807) is 12.4 Å². The average Bonchev–Trinajstić information content (AvgIpc) is 2.99. The standard InChI is InChI=1S/C17H26N4O/c22-17(21-11-7-3-4-8-12-21)15-13-19-16(14-18-15)20-9-5-1-2-6-10-20/h13-14H,1-12H2. The van der Waals surface area contributed by atoms with E-state index in [9.17, 15) is 4.79 Å². The molecule has 1 aromatic rings. The second-order valence-corrected chi connectivity index (χ2v) is 6.37. The molecule has 2 fully saturated rings. The van der Waals surface area contributed by atoms with E-state index in [0.29, 0.717) is 5.69 Å². The van der Waals surface area contributed by atoms with Gasteiger partial charge in [0.25, 0.3) is 5.91 Å². The number of aromatic nitrogens is 2. The van der Waals surface area contributed by atoms with Gasteiger partial charge < -0.3 is 9.80 Å². The summed E-state index contributed by atoms with van der Waals surface area (Å²) in [7, 11) is 0. The molecular weight excluding hydrogens is 276 g/mol. The van der Waals surface area contributed by atoms with Crippen molar-refractivity contribution < 1.29 is 4.79 Å². The highest BCUT2D eigenvalue weighted by Gasteiger charge is 2.19. The number of hydrogen-bond acceptors (Lipinski definition) is 4. The van der Waals surface area contributed by atoms with Crippen molar-refractivity contribution in [2.45, 2.75) is 51.4 Å². The number of nitrogens with zero attached hydrogens (tertiary/aromatic N) is 4. The molecule has 3 heterocycles. The normalized spacial score (nSPS) is 20.4. The summed E-state index contributed by atoms with van der Waals surface area (Å²) in [5, 5.41) is 0. The number of hydrogen-bond donors (Lipinski definition) is 0. The third-order valence-corrected chi connectivity index (χ3v) is 4.68. The van der Waals surface area contributed by atoms with E-state index < -0.39 is 0 Å². The fourth-order valence-corrected chi connectivity index (χ4v) is 3.33. The van der Waals surface area contributed by atoms with Crippen LogP contribution in [0.1, 0.15) is 61.9 Å². The van der Waals surface area contributed by atoms with Gasteiger partial charge in [0.1, 0.15) is 11.5 Å². The average molecular weight is 302 g/mol. The molecule has 22 heavy (non-hydrogen) atoms. The third-order valence-electron chi connectivity index (χ3n) is 4.68. The van der Waals surface area contributed by atoms with Crippen molar-refractivity contribution in [3.05, 3.63) is 18.1 Å². The first-order chi connectivity index (χ1) is 10.8. The topological polar surface area (TPSA) is 49.3 Å². The predicted octanol–water partition coefficient (Wildman–Crippen LogP) is 2.87. The lowest BCUT2D eigenvalue weighted by Gasteiger charge is -2.22. The zero-order chi connectivity index (χ0) is 15.2. The van der Waals surface area contributed by atoms with Crippen molar-refractivity contribution in [1.29, 1.82) is 0 Å². The first-order valence-electron chi connectivity index (χ1n) is 8.71. The molecule has 5 nitrogen and oxygen atoms in total. The highest BCUT2D eigenvalue weighted by molar-refractivity contribution is 5.92. The summed E-state index contributed by atoms with van der Waals surface area (Å²) in [5.41, 5.74) is 0.487. The Balaban J connectivity index is 1.66. The van der Waals surface area contributed by atoms with Gasteiger partial charge in [-0.05, 0) is 25.7 Å². The molecule has 0 bridgehead atoms. The summed E-state index contributed by atoms with van der Waals surface area (Å²) in [5.74, 6) is 0.950. The van der Waals surface area contributed by atoms with Crippen LogP contribution in [-0.4, -0.2) is 47.0 Å². The van der Waals surface area contributed by atoms with Crippen LogP contribution in [0, 0.1) is 0 Å². The van der Waals surface area contributed by atoms with E-state index in [1.807, 2.05) is 4.90 Å². The minimum atomic E-state index is 0.0387. The van der Waals surface area contributed by atoms with Crippen molar-refractivity contribution in [3.8, 4) is 0 Å². The molecule has 2 aliphatic rings. The SMILES string of the molecule is O=C(c1cnc(N2CCCCCC2)cn1)N1CCCCCC1. The molecule has 5 heteroatoms. The van der Waals surface area contributed by atoms with Crippen molar-refractivity contribution in [3.63, 3.8) is 0 Å². The van der Waals surface area contributed by atoms with Gasteiger partial charge in [0.2, 0.25) is 0 Å². The molecule has 0 saturated carbocycles. The molecule has 0 N–H and O–H groups in total. The van der Waals surface area contributed by atoms with Crippen molar-refractivity contribution >= 4 is 11.7 Å². The van der Waals surface area contributed by atoms with Gasteiger partial charge >= 0.3 is 0 Å². The Morgan fingerprint density at radius 1 is 0.773 bits per heavy atom. The number of rotatable bonds is 2. The molecule has 0 spiro atoms. The maximum absolute atomic E-state index is 12.5. The molecule has 1 amide bonds. The number of anilines is 1. The Morgan fingerprint density at radius 2 is 1.36 bits per heavy atom. The van der Waals surface area contributed by atoms with Gasteiger partial charge in [-0.1, -0.05) is 25.7 Å².